The normalized spacial score (nSPS) is 9.90. The molecule has 4 nitrogen and oxygen atoms in total. The summed E-state index contributed by atoms with van der Waals surface area (Å²) in [5.41, 5.74) is 7.74. The van der Waals surface area contributed by atoms with Crippen molar-refractivity contribution in [2.75, 3.05) is 11.9 Å². The van der Waals surface area contributed by atoms with Crippen LogP contribution in [0.15, 0.2) is 54.6 Å². The molecule has 0 aliphatic heterocycles. The monoisotopic (exact) mass is 299 g/mol. The molecule has 0 unspecified atom stereocenters. The van der Waals surface area contributed by atoms with Crippen LogP contribution in [-0.2, 0) is 6.42 Å². The number of amides is 1. The smallest absolute Gasteiger partial charge is 0.248 e. The minimum absolute atomic E-state index is 0.440. The number of hydrogen-bond acceptors (Lipinski definition) is 2. The lowest BCUT2D eigenvalue weighted by atomic mass is 10.1. The summed E-state index contributed by atoms with van der Waals surface area (Å²) >= 11 is 5.22. The first-order valence-electron chi connectivity index (χ1n) is 6.64. The highest BCUT2D eigenvalue weighted by atomic mass is 32.1. The molecule has 0 aromatic heterocycles. The van der Waals surface area contributed by atoms with Gasteiger partial charge < -0.3 is 16.4 Å². The third-order valence-electron chi connectivity index (χ3n) is 2.97. The number of nitrogens with one attached hydrogen (secondary N) is 2. The van der Waals surface area contributed by atoms with E-state index in [1.54, 1.807) is 24.3 Å². The molecule has 2 aromatic rings. The summed E-state index contributed by atoms with van der Waals surface area (Å²) in [5.74, 6) is -0.440. The van der Waals surface area contributed by atoms with Crippen molar-refractivity contribution in [2.24, 2.45) is 5.73 Å². The zero-order valence-electron chi connectivity index (χ0n) is 11.5. The Bertz CT molecular complexity index is 611. The fraction of sp³-hybridized carbons (Fsp3) is 0.125. The maximum atomic E-state index is 11.0. The van der Waals surface area contributed by atoms with Crippen LogP contribution in [-0.4, -0.2) is 17.6 Å². The summed E-state index contributed by atoms with van der Waals surface area (Å²) in [4.78, 5) is 11.0. The Morgan fingerprint density at radius 3 is 2.33 bits per heavy atom. The molecule has 2 rings (SSSR count). The van der Waals surface area contributed by atoms with Crippen molar-refractivity contribution in [1.29, 1.82) is 0 Å². The van der Waals surface area contributed by atoms with Gasteiger partial charge in [0.1, 0.15) is 0 Å². The molecule has 0 heterocycles. The van der Waals surface area contributed by atoms with E-state index in [-0.39, 0.29) is 0 Å². The van der Waals surface area contributed by atoms with Crippen molar-refractivity contribution in [3.05, 3.63) is 65.7 Å². The van der Waals surface area contributed by atoms with Crippen molar-refractivity contribution in [3.63, 3.8) is 0 Å². The van der Waals surface area contributed by atoms with Gasteiger partial charge in [-0.25, -0.2) is 0 Å². The van der Waals surface area contributed by atoms with Crippen LogP contribution in [0, 0.1) is 0 Å². The summed E-state index contributed by atoms with van der Waals surface area (Å²) < 4.78 is 0. The third kappa shape index (κ3) is 4.89. The Balaban J connectivity index is 1.78. The Morgan fingerprint density at radius 1 is 1.05 bits per heavy atom. The Hall–Kier alpha value is -2.40. The molecule has 0 spiro atoms. The summed E-state index contributed by atoms with van der Waals surface area (Å²) in [7, 11) is 0. The first kappa shape index (κ1) is 15.0. The number of carbonyl (C=O) groups is 1. The van der Waals surface area contributed by atoms with Gasteiger partial charge in [0.2, 0.25) is 5.91 Å². The molecular formula is C16H17N3OS. The molecule has 0 bridgehead atoms. The van der Waals surface area contributed by atoms with Gasteiger partial charge in [-0.15, -0.1) is 0 Å². The predicted molar refractivity (Wildman–Crippen MR) is 89.3 cm³/mol. The Labute approximate surface area is 129 Å². The van der Waals surface area contributed by atoms with Crippen LogP contribution in [0.3, 0.4) is 0 Å². The standard InChI is InChI=1S/C16H17N3OS/c17-15(20)13-6-8-14(9-7-13)19-16(21)18-11-10-12-4-2-1-3-5-12/h1-9H,10-11H2,(H2,17,20)(H2,18,19,21). The van der Waals surface area contributed by atoms with Crippen molar-refractivity contribution >= 4 is 28.9 Å². The van der Waals surface area contributed by atoms with Gasteiger partial charge in [0.25, 0.3) is 0 Å². The van der Waals surface area contributed by atoms with Gasteiger partial charge in [0.15, 0.2) is 5.11 Å². The lowest BCUT2D eigenvalue weighted by Gasteiger charge is -2.10. The quantitative estimate of drug-likeness (QED) is 0.741. The van der Waals surface area contributed by atoms with Crippen LogP contribution < -0.4 is 16.4 Å². The third-order valence-corrected chi connectivity index (χ3v) is 3.22. The number of rotatable bonds is 5. The van der Waals surface area contributed by atoms with E-state index < -0.39 is 5.91 Å². The van der Waals surface area contributed by atoms with Crippen LogP contribution in [0.2, 0.25) is 0 Å². The zero-order valence-corrected chi connectivity index (χ0v) is 12.3. The molecule has 1 amide bonds. The number of anilines is 1. The maximum absolute atomic E-state index is 11.0. The van der Waals surface area contributed by atoms with E-state index in [1.165, 1.54) is 5.56 Å². The fourth-order valence-corrected chi connectivity index (χ4v) is 2.08. The van der Waals surface area contributed by atoms with Gasteiger partial charge in [-0.2, -0.15) is 0 Å². The number of benzene rings is 2. The van der Waals surface area contributed by atoms with Gasteiger partial charge in [0.05, 0.1) is 0 Å². The SMILES string of the molecule is NC(=O)c1ccc(NC(=S)NCCc2ccccc2)cc1. The lowest BCUT2D eigenvalue weighted by Crippen LogP contribution is -2.30. The molecule has 0 saturated heterocycles. The number of thiocarbonyl (C=S) groups is 1. The van der Waals surface area contributed by atoms with Gasteiger partial charge >= 0.3 is 0 Å². The predicted octanol–water partition coefficient (Wildman–Crippen LogP) is 2.31. The van der Waals surface area contributed by atoms with Gasteiger partial charge in [-0.1, -0.05) is 30.3 Å². The van der Waals surface area contributed by atoms with Crippen LogP contribution in [0.4, 0.5) is 5.69 Å². The van der Waals surface area contributed by atoms with Crippen LogP contribution >= 0.6 is 12.2 Å². The molecule has 5 heteroatoms. The molecule has 0 aliphatic carbocycles. The highest BCUT2D eigenvalue weighted by molar-refractivity contribution is 7.80. The highest BCUT2D eigenvalue weighted by Crippen LogP contribution is 2.09. The van der Waals surface area contributed by atoms with Crippen molar-refractivity contribution in [3.8, 4) is 0 Å². The second-order valence-corrected chi connectivity index (χ2v) is 4.97. The molecule has 2 aromatic carbocycles. The molecule has 4 N–H and O–H groups in total. The van der Waals surface area contributed by atoms with E-state index in [1.807, 2.05) is 18.2 Å². The van der Waals surface area contributed by atoms with Crippen LogP contribution in [0.5, 0.6) is 0 Å². The molecule has 0 saturated carbocycles. The van der Waals surface area contributed by atoms with Crippen molar-refractivity contribution in [2.45, 2.75) is 6.42 Å². The Morgan fingerprint density at radius 2 is 1.71 bits per heavy atom. The van der Waals surface area contributed by atoms with Crippen molar-refractivity contribution in [1.82, 2.24) is 5.32 Å². The second-order valence-electron chi connectivity index (χ2n) is 4.56. The van der Waals surface area contributed by atoms with Crippen LogP contribution in [0.1, 0.15) is 15.9 Å². The van der Waals surface area contributed by atoms with Crippen LogP contribution in [0.25, 0.3) is 0 Å². The average molecular weight is 299 g/mol. The largest absolute Gasteiger partial charge is 0.366 e. The summed E-state index contributed by atoms with van der Waals surface area (Å²) in [6.07, 6.45) is 0.906. The van der Waals surface area contributed by atoms with E-state index >= 15 is 0 Å². The molecule has 0 radical (unpaired) electrons. The number of nitrogens with two attached hydrogens (primary N) is 1. The number of primary amides is 1. The van der Waals surface area contributed by atoms with Gasteiger partial charge in [-0.3, -0.25) is 4.79 Å². The Kier molecular flexibility index (Phi) is 5.29. The summed E-state index contributed by atoms with van der Waals surface area (Å²) in [6, 6.07) is 17.1. The lowest BCUT2D eigenvalue weighted by molar-refractivity contribution is 0.100. The molecule has 0 aliphatic rings. The van der Waals surface area contributed by atoms with E-state index in [9.17, 15) is 4.79 Å². The summed E-state index contributed by atoms with van der Waals surface area (Å²) in [5, 5.41) is 6.76. The van der Waals surface area contributed by atoms with E-state index in [0.29, 0.717) is 10.7 Å². The minimum atomic E-state index is -0.440. The fourth-order valence-electron chi connectivity index (χ4n) is 1.86. The second kappa shape index (κ2) is 7.40. The molecular weight excluding hydrogens is 282 g/mol. The van der Waals surface area contributed by atoms with Crippen molar-refractivity contribution < 1.29 is 4.79 Å². The van der Waals surface area contributed by atoms with Gasteiger partial charge in [-0.05, 0) is 48.5 Å². The molecule has 0 fully saturated rings. The van der Waals surface area contributed by atoms with E-state index in [2.05, 4.69) is 22.8 Å². The van der Waals surface area contributed by atoms with Gasteiger partial charge in [0, 0.05) is 17.8 Å². The number of carbonyl (C=O) groups excluding carboxylic acids is 1. The van der Waals surface area contributed by atoms with E-state index in [0.717, 1.165) is 18.7 Å². The van der Waals surface area contributed by atoms with E-state index in [4.69, 9.17) is 18.0 Å². The zero-order chi connectivity index (χ0) is 15.1. The molecule has 21 heavy (non-hydrogen) atoms. The minimum Gasteiger partial charge on any atom is -0.366 e. The first-order valence-corrected chi connectivity index (χ1v) is 7.04. The first-order chi connectivity index (χ1) is 10.1. The topological polar surface area (TPSA) is 67.2 Å². The average Bonchev–Trinajstić information content (AvgIpc) is 2.49. The molecule has 108 valence electrons. The summed E-state index contributed by atoms with van der Waals surface area (Å²) in [6.45, 7) is 0.759. The highest BCUT2D eigenvalue weighted by Gasteiger charge is 2.01. The number of hydrogen-bond donors (Lipinski definition) is 3. The molecule has 0 atom stereocenters. The maximum Gasteiger partial charge on any atom is 0.248 e.